The molecule has 1 aliphatic rings. The molecule has 0 spiro atoms. The van der Waals surface area contributed by atoms with Crippen molar-refractivity contribution in [1.82, 2.24) is 9.80 Å². The van der Waals surface area contributed by atoms with E-state index in [1.54, 1.807) is 68.4 Å². The van der Waals surface area contributed by atoms with E-state index in [4.69, 9.17) is 18.9 Å². The molecule has 1 fully saturated rings. The highest BCUT2D eigenvalue weighted by atomic mass is 16.7. The summed E-state index contributed by atoms with van der Waals surface area (Å²) in [4.78, 5) is 33.4. The zero-order valence-electron chi connectivity index (χ0n) is 35.9. The van der Waals surface area contributed by atoms with Gasteiger partial charge in [0.25, 0.3) is 17.7 Å². The predicted octanol–water partition coefficient (Wildman–Crippen LogP) is 8.84. The topological polar surface area (TPSA) is 118 Å². The van der Waals surface area contributed by atoms with Gasteiger partial charge in [-0.3, -0.25) is 9.69 Å². The summed E-state index contributed by atoms with van der Waals surface area (Å²) in [5, 5.41) is 25.4. The van der Waals surface area contributed by atoms with Crippen molar-refractivity contribution >= 4 is 11.9 Å². The first-order valence-electron chi connectivity index (χ1n) is 21.5. The Morgan fingerprint density at radius 3 is 1.03 bits per heavy atom. The Morgan fingerprint density at radius 2 is 0.714 bits per heavy atom. The van der Waals surface area contributed by atoms with Crippen molar-refractivity contribution in [2.24, 2.45) is 0 Å². The lowest BCUT2D eigenvalue weighted by Crippen LogP contribution is -2.65. The van der Waals surface area contributed by atoms with Crippen molar-refractivity contribution in [2.75, 3.05) is 26.4 Å². The van der Waals surface area contributed by atoms with Gasteiger partial charge >= 0.3 is 6.03 Å². The van der Waals surface area contributed by atoms with Gasteiger partial charge in [-0.2, -0.15) is 0 Å². The van der Waals surface area contributed by atoms with Crippen molar-refractivity contribution in [2.45, 2.75) is 69.1 Å². The molecule has 2 unspecified atom stereocenters. The van der Waals surface area contributed by atoms with Gasteiger partial charge in [-0.25, -0.2) is 9.69 Å². The second kappa shape index (κ2) is 20.9. The van der Waals surface area contributed by atoms with Gasteiger partial charge in [0.15, 0.2) is 12.2 Å². The second-order valence-corrected chi connectivity index (χ2v) is 16.0. The van der Waals surface area contributed by atoms with Crippen LogP contribution in [0.3, 0.4) is 0 Å². The molecule has 10 nitrogen and oxygen atoms in total. The largest absolute Gasteiger partial charge is 0.381 e. The van der Waals surface area contributed by atoms with Crippen molar-refractivity contribution < 1.29 is 38.7 Å². The molecule has 0 aliphatic carbocycles. The molecule has 63 heavy (non-hydrogen) atoms. The van der Waals surface area contributed by atoms with Crippen molar-refractivity contribution in [1.29, 1.82) is 0 Å². The Balaban J connectivity index is 1.36. The highest BCUT2D eigenvalue weighted by molar-refractivity contribution is 6.07. The Bertz CT molecular complexity index is 2230. The highest BCUT2D eigenvalue weighted by Crippen LogP contribution is 2.48. The minimum Gasteiger partial charge on any atom is -0.381 e. The number of aliphatic hydroxyl groups excluding tert-OH is 2. The molecule has 0 aromatic heterocycles. The fourth-order valence-corrected chi connectivity index (χ4v) is 8.03. The molecule has 326 valence electrons. The van der Waals surface area contributed by atoms with Crippen LogP contribution in [-0.2, 0) is 49.4 Å². The third kappa shape index (κ3) is 10.3. The minimum atomic E-state index is -2.41. The number of imide groups is 1. The van der Waals surface area contributed by atoms with Gasteiger partial charge in [-0.15, -0.1) is 0 Å². The Hall–Kier alpha value is -5.98. The summed E-state index contributed by atoms with van der Waals surface area (Å²) in [6.07, 6.45) is -1.79. The van der Waals surface area contributed by atoms with E-state index in [9.17, 15) is 10.2 Å². The Kier molecular flexibility index (Phi) is 15.0. The summed E-state index contributed by atoms with van der Waals surface area (Å²) < 4.78 is 27.1. The molecule has 1 aliphatic heterocycles. The van der Waals surface area contributed by atoms with Crippen LogP contribution in [0.5, 0.6) is 0 Å². The summed E-state index contributed by atoms with van der Waals surface area (Å²) in [7, 11) is 0. The maximum absolute atomic E-state index is 15.9. The van der Waals surface area contributed by atoms with Crippen LogP contribution in [0, 0.1) is 0 Å². The van der Waals surface area contributed by atoms with E-state index >= 15 is 9.59 Å². The molecule has 6 aromatic carbocycles. The number of hydrogen-bond acceptors (Lipinski definition) is 8. The number of aliphatic hydroxyl groups is 2. The average Bonchev–Trinajstić information content (AvgIpc) is 3.51. The molecule has 10 heteroatoms. The summed E-state index contributed by atoms with van der Waals surface area (Å²) in [5.74, 6) is -5.47. The standard InChI is InChI=1S/C53H56N2O8/c1-51(2)49(58)54(52(47(56)45-29-17-7-18-30-45,60-37-33-41-21-9-3-10-22-41)61-38-34-42-23-11-4-12-24-42)50(59)55(51)53(48(57)46-31-19-8-20-32-46,62-39-35-43-25-13-5-14-26-43)63-40-36-44-27-15-6-16-28-44/h3-32,47-48,56-57H,33-40H2,1-2H3. The molecule has 1 saturated heterocycles. The number of carbonyl (C=O) groups excluding carboxylic acids is 2. The first kappa shape index (κ1) is 45.1. The summed E-state index contributed by atoms with van der Waals surface area (Å²) in [5.41, 5.74) is 2.75. The zero-order valence-corrected chi connectivity index (χ0v) is 35.9. The van der Waals surface area contributed by atoms with Crippen molar-refractivity contribution in [3.63, 3.8) is 0 Å². The molecule has 1 heterocycles. The van der Waals surface area contributed by atoms with E-state index in [1.165, 1.54) is 4.90 Å². The third-order valence-electron chi connectivity index (χ3n) is 11.4. The molecular formula is C53H56N2O8. The fraction of sp³-hybridized carbons (Fsp3) is 0.283. The number of amides is 3. The molecule has 3 amide bonds. The molecule has 2 N–H and O–H groups in total. The number of urea groups is 1. The van der Waals surface area contributed by atoms with Gasteiger partial charge < -0.3 is 29.2 Å². The first-order valence-corrected chi connectivity index (χ1v) is 21.5. The lowest BCUT2D eigenvalue weighted by Gasteiger charge is -2.47. The number of benzene rings is 6. The van der Waals surface area contributed by atoms with Crippen LogP contribution in [0.4, 0.5) is 4.79 Å². The van der Waals surface area contributed by atoms with E-state index in [0.29, 0.717) is 36.8 Å². The number of ether oxygens (including phenoxy) is 4. The summed E-state index contributed by atoms with van der Waals surface area (Å²) in [6.45, 7) is 3.05. The lowest BCUT2D eigenvalue weighted by atomic mass is 9.98. The van der Waals surface area contributed by atoms with Gasteiger partial charge in [-0.1, -0.05) is 182 Å². The number of carbonyl (C=O) groups is 2. The van der Waals surface area contributed by atoms with Crippen LogP contribution in [-0.4, -0.2) is 75.7 Å². The number of rotatable bonds is 22. The van der Waals surface area contributed by atoms with E-state index in [-0.39, 0.29) is 26.4 Å². The van der Waals surface area contributed by atoms with E-state index in [2.05, 4.69) is 0 Å². The molecule has 0 saturated carbocycles. The van der Waals surface area contributed by atoms with E-state index in [1.807, 2.05) is 127 Å². The fourth-order valence-electron chi connectivity index (χ4n) is 8.03. The first-order chi connectivity index (χ1) is 30.7. The number of nitrogens with zero attached hydrogens (tertiary/aromatic N) is 2. The highest BCUT2D eigenvalue weighted by Gasteiger charge is 2.69. The second-order valence-electron chi connectivity index (χ2n) is 16.0. The Labute approximate surface area is 370 Å². The SMILES string of the molecule is CC1(C)C(=O)N(C(OCCc2ccccc2)(OCCc2ccccc2)C(O)c2ccccc2)C(=O)N1C(OCCc1ccccc1)(OCCc1ccccc1)C(O)c1ccccc1. The van der Waals surface area contributed by atoms with Crippen molar-refractivity contribution in [3.05, 3.63) is 215 Å². The predicted molar refractivity (Wildman–Crippen MR) is 241 cm³/mol. The minimum absolute atomic E-state index is 0.00771. The molecule has 2 atom stereocenters. The van der Waals surface area contributed by atoms with Crippen LogP contribution >= 0.6 is 0 Å². The van der Waals surface area contributed by atoms with Crippen LogP contribution in [0.2, 0.25) is 0 Å². The van der Waals surface area contributed by atoms with Gasteiger partial charge in [0.1, 0.15) is 5.54 Å². The van der Waals surface area contributed by atoms with E-state index < -0.39 is 41.5 Å². The van der Waals surface area contributed by atoms with Gasteiger partial charge in [0, 0.05) is 0 Å². The zero-order chi connectivity index (χ0) is 44.1. The molecule has 6 aromatic rings. The average molecular weight is 849 g/mol. The maximum Gasteiger partial charge on any atom is 0.336 e. The quantitative estimate of drug-likeness (QED) is 0.0515. The smallest absolute Gasteiger partial charge is 0.336 e. The molecular weight excluding hydrogens is 793 g/mol. The molecule has 0 radical (unpaired) electrons. The normalized spacial score (nSPS) is 15.1. The molecule has 7 rings (SSSR count). The van der Waals surface area contributed by atoms with Gasteiger partial charge in [-0.05, 0) is 72.9 Å². The van der Waals surface area contributed by atoms with Gasteiger partial charge in [0.2, 0.25) is 0 Å². The monoisotopic (exact) mass is 848 g/mol. The molecule has 0 bridgehead atoms. The van der Waals surface area contributed by atoms with E-state index in [0.717, 1.165) is 27.2 Å². The van der Waals surface area contributed by atoms with Crippen LogP contribution in [0.1, 0.15) is 59.4 Å². The number of hydrogen-bond donors (Lipinski definition) is 2. The van der Waals surface area contributed by atoms with Crippen LogP contribution in [0.15, 0.2) is 182 Å². The lowest BCUT2D eigenvalue weighted by molar-refractivity contribution is -0.357. The van der Waals surface area contributed by atoms with Crippen LogP contribution < -0.4 is 0 Å². The Morgan fingerprint density at radius 1 is 0.444 bits per heavy atom. The maximum atomic E-state index is 15.9. The summed E-state index contributed by atoms with van der Waals surface area (Å²) >= 11 is 0. The van der Waals surface area contributed by atoms with Crippen LogP contribution in [0.25, 0.3) is 0 Å². The van der Waals surface area contributed by atoms with Gasteiger partial charge in [0.05, 0.1) is 26.4 Å². The third-order valence-corrected chi connectivity index (χ3v) is 11.4. The van der Waals surface area contributed by atoms with Crippen molar-refractivity contribution in [3.8, 4) is 0 Å². The summed E-state index contributed by atoms with van der Waals surface area (Å²) in [6, 6.07) is 55.2.